The number of rotatable bonds is 7. The van der Waals surface area contributed by atoms with Crippen LogP contribution in [0.15, 0.2) is 29.1 Å². The molecule has 2 aromatic heterocycles. The van der Waals surface area contributed by atoms with E-state index < -0.39 is 6.04 Å². The lowest BCUT2D eigenvalue weighted by Crippen LogP contribution is -2.44. The summed E-state index contributed by atoms with van der Waals surface area (Å²) in [6, 6.07) is 1.26. The van der Waals surface area contributed by atoms with Gasteiger partial charge in [-0.1, -0.05) is 13.3 Å². The van der Waals surface area contributed by atoms with E-state index in [0.29, 0.717) is 11.6 Å². The molecule has 0 fully saturated rings. The van der Waals surface area contributed by atoms with Crippen molar-refractivity contribution in [3.8, 4) is 0 Å². The number of nitrogens with zero attached hydrogens (tertiary/aromatic N) is 2. The maximum atomic E-state index is 12.4. The van der Waals surface area contributed by atoms with Crippen molar-refractivity contribution in [3.63, 3.8) is 0 Å². The molecule has 2 heterocycles. The number of aromatic nitrogens is 2. The highest BCUT2D eigenvalue weighted by atomic mass is 79.9. The van der Waals surface area contributed by atoms with Crippen molar-refractivity contribution < 1.29 is 9.59 Å². The van der Waals surface area contributed by atoms with Crippen LogP contribution in [0.3, 0.4) is 0 Å². The van der Waals surface area contributed by atoms with Crippen LogP contribution >= 0.6 is 27.3 Å². The van der Waals surface area contributed by atoms with Crippen LogP contribution in [0.5, 0.6) is 0 Å². The fourth-order valence-electron chi connectivity index (χ4n) is 2.15. The number of thiazole rings is 1. The van der Waals surface area contributed by atoms with Crippen molar-refractivity contribution in [1.29, 1.82) is 0 Å². The maximum absolute atomic E-state index is 12.4. The Balaban J connectivity index is 1.96. The predicted octanol–water partition coefficient (Wildman–Crippen LogP) is 3.08. The Bertz CT molecular complexity index is 720. The first-order chi connectivity index (χ1) is 11.5. The largest absolute Gasteiger partial charge is 0.344 e. The summed E-state index contributed by atoms with van der Waals surface area (Å²) >= 11 is 4.73. The fraction of sp³-hybridized carbons (Fsp3) is 0.375. The fourth-order valence-corrected chi connectivity index (χ4v) is 3.23. The lowest BCUT2D eigenvalue weighted by atomic mass is 10.1. The van der Waals surface area contributed by atoms with Crippen LogP contribution in [0, 0.1) is 6.92 Å². The number of hydrogen-bond donors (Lipinski definition) is 2. The van der Waals surface area contributed by atoms with Gasteiger partial charge in [0.05, 0.1) is 6.42 Å². The summed E-state index contributed by atoms with van der Waals surface area (Å²) in [6.45, 7) is 3.89. The number of halogens is 1. The molecule has 2 N–H and O–H groups in total. The third-order valence-corrected chi connectivity index (χ3v) is 4.47. The molecule has 0 bridgehead atoms. The molecule has 0 radical (unpaired) electrons. The number of aryl methyl sites for hydroxylation is 1. The summed E-state index contributed by atoms with van der Waals surface area (Å²) in [5.74, 6) is -0.453. The van der Waals surface area contributed by atoms with E-state index in [9.17, 15) is 9.59 Å². The van der Waals surface area contributed by atoms with E-state index in [1.54, 1.807) is 18.6 Å². The SMILES string of the molecule is CCC[C@H](NC(=O)Cc1cncc(Br)c1)C(=O)Nc1ncc(C)s1. The van der Waals surface area contributed by atoms with Crippen molar-refractivity contribution in [3.05, 3.63) is 39.6 Å². The number of pyridine rings is 1. The molecule has 2 aromatic rings. The number of carbonyl (C=O) groups is 2. The lowest BCUT2D eigenvalue weighted by Gasteiger charge is -2.17. The second-order valence-electron chi connectivity index (χ2n) is 5.36. The smallest absolute Gasteiger partial charge is 0.248 e. The molecule has 2 rings (SSSR count). The number of anilines is 1. The number of hydrogen-bond acceptors (Lipinski definition) is 5. The number of amides is 2. The Morgan fingerprint density at radius 2 is 2.12 bits per heavy atom. The molecule has 128 valence electrons. The highest BCUT2D eigenvalue weighted by Gasteiger charge is 2.21. The predicted molar refractivity (Wildman–Crippen MR) is 98.0 cm³/mol. The Hall–Kier alpha value is -1.80. The minimum atomic E-state index is -0.577. The molecule has 0 spiro atoms. The van der Waals surface area contributed by atoms with Crippen LogP contribution in [-0.2, 0) is 16.0 Å². The van der Waals surface area contributed by atoms with E-state index in [1.165, 1.54) is 11.3 Å². The molecule has 0 aliphatic heterocycles. The first-order valence-corrected chi connectivity index (χ1v) is 9.21. The van der Waals surface area contributed by atoms with Crippen molar-refractivity contribution in [1.82, 2.24) is 15.3 Å². The van der Waals surface area contributed by atoms with Gasteiger partial charge in [-0.05, 0) is 40.9 Å². The van der Waals surface area contributed by atoms with Gasteiger partial charge in [-0.3, -0.25) is 14.6 Å². The monoisotopic (exact) mass is 410 g/mol. The van der Waals surface area contributed by atoms with Gasteiger partial charge < -0.3 is 10.6 Å². The third-order valence-electron chi connectivity index (χ3n) is 3.21. The minimum absolute atomic E-state index is 0.177. The maximum Gasteiger partial charge on any atom is 0.248 e. The summed E-state index contributed by atoms with van der Waals surface area (Å²) in [5, 5.41) is 6.10. The van der Waals surface area contributed by atoms with Crippen molar-refractivity contribution in [2.75, 3.05) is 5.32 Å². The lowest BCUT2D eigenvalue weighted by molar-refractivity contribution is -0.126. The van der Waals surface area contributed by atoms with Crippen LogP contribution in [-0.4, -0.2) is 27.8 Å². The van der Waals surface area contributed by atoms with E-state index in [2.05, 4.69) is 36.5 Å². The van der Waals surface area contributed by atoms with Gasteiger partial charge in [-0.25, -0.2) is 4.98 Å². The summed E-state index contributed by atoms with van der Waals surface area (Å²) in [4.78, 5) is 33.8. The van der Waals surface area contributed by atoms with E-state index in [4.69, 9.17) is 0 Å². The van der Waals surface area contributed by atoms with Crippen LogP contribution < -0.4 is 10.6 Å². The average Bonchev–Trinajstić information content (AvgIpc) is 2.92. The standard InChI is InChI=1S/C16H19BrN4O2S/c1-3-4-13(15(23)21-16-19-7-10(2)24-16)20-14(22)6-11-5-12(17)9-18-8-11/h5,7-9,13H,3-4,6H2,1-2H3,(H,20,22)(H,19,21,23)/t13-/m0/s1. The Morgan fingerprint density at radius 1 is 1.33 bits per heavy atom. The number of carbonyl (C=O) groups excluding carboxylic acids is 2. The Kier molecular flexibility index (Phi) is 6.86. The third kappa shape index (κ3) is 5.68. The van der Waals surface area contributed by atoms with E-state index >= 15 is 0 Å². The van der Waals surface area contributed by atoms with Crippen LogP contribution in [0.1, 0.15) is 30.2 Å². The van der Waals surface area contributed by atoms with E-state index in [-0.39, 0.29) is 18.2 Å². The summed E-state index contributed by atoms with van der Waals surface area (Å²) in [5.41, 5.74) is 0.785. The van der Waals surface area contributed by atoms with Crippen molar-refractivity contribution >= 4 is 44.2 Å². The molecule has 0 saturated carbocycles. The highest BCUT2D eigenvalue weighted by Crippen LogP contribution is 2.17. The van der Waals surface area contributed by atoms with Gasteiger partial charge in [0.25, 0.3) is 0 Å². The van der Waals surface area contributed by atoms with Gasteiger partial charge in [-0.2, -0.15) is 0 Å². The van der Waals surface area contributed by atoms with Crippen molar-refractivity contribution in [2.24, 2.45) is 0 Å². The average molecular weight is 411 g/mol. The molecular weight excluding hydrogens is 392 g/mol. The quantitative estimate of drug-likeness (QED) is 0.734. The zero-order valence-corrected chi connectivity index (χ0v) is 15.9. The van der Waals surface area contributed by atoms with Crippen molar-refractivity contribution in [2.45, 2.75) is 39.2 Å². The summed E-state index contributed by atoms with van der Waals surface area (Å²) in [6.07, 6.45) is 6.53. The molecule has 0 saturated heterocycles. The van der Waals surface area contributed by atoms with Gasteiger partial charge in [0.2, 0.25) is 11.8 Å². The van der Waals surface area contributed by atoms with Gasteiger partial charge >= 0.3 is 0 Å². The molecule has 8 heteroatoms. The summed E-state index contributed by atoms with van der Waals surface area (Å²) in [7, 11) is 0. The molecular formula is C16H19BrN4O2S. The minimum Gasteiger partial charge on any atom is -0.344 e. The van der Waals surface area contributed by atoms with Crippen LogP contribution in [0.25, 0.3) is 0 Å². The molecule has 24 heavy (non-hydrogen) atoms. The molecule has 0 aromatic carbocycles. The van der Waals surface area contributed by atoms with Crippen LogP contribution in [0.2, 0.25) is 0 Å². The summed E-state index contributed by atoms with van der Waals surface area (Å²) < 4.78 is 0.815. The van der Waals surface area contributed by atoms with E-state index in [1.807, 2.05) is 19.9 Å². The second-order valence-corrected chi connectivity index (χ2v) is 7.51. The van der Waals surface area contributed by atoms with E-state index in [0.717, 1.165) is 21.3 Å². The Labute approximate surface area is 153 Å². The molecule has 2 amide bonds. The first-order valence-electron chi connectivity index (χ1n) is 7.60. The zero-order chi connectivity index (χ0) is 17.5. The zero-order valence-electron chi connectivity index (χ0n) is 13.5. The Morgan fingerprint density at radius 3 is 2.75 bits per heavy atom. The normalized spacial score (nSPS) is 11.8. The molecule has 0 aliphatic carbocycles. The highest BCUT2D eigenvalue weighted by molar-refractivity contribution is 9.10. The van der Waals surface area contributed by atoms with Gasteiger partial charge in [0.15, 0.2) is 5.13 Å². The molecule has 0 unspecified atom stereocenters. The molecule has 6 nitrogen and oxygen atoms in total. The van der Waals surface area contributed by atoms with Gasteiger partial charge in [-0.15, -0.1) is 11.3 Å². The molecule has 1 atom stereocenters. The molecule has 0 aliphatic rings. The van der Waals surface area contributed by atoms with Gasteiger partial charge in [0, 0.05) is 27.9 Å². The second kappa shape index (κ2) is 8.89. The van der Waals surface area contributed by atoms with Crippen LogP contribution in [0.4, 0.5) is 5.13 Å². The van der Waals surface area contributed by atoms with Gasteiger partial charge in [0.1, 0.15) is 6.04 Å². The topological polar surface area (TPSA) is 84.0 Å². The number of nitrogens with one attached hydrogen (secondary N) is 2. The first kappa shape index (κ1) is 18.5.